The lowest BCUT2D eigenvalue weighted by atomic mass is 10.0. The quantitative estimate of drug-likeness (QED) is 0.866. The lowest BCUT2D eigenvalue weighted by Crippen LogP contribution is -2.43. The van der Waals surface area contributed by atoms with E-state index < -0.39 is 0 Å². The maximum absolute atomic E-state index is 4.73. The number of anilines is 1. The first-order valence-corrected chi connectivity index (χ1v) is 8.22. The van der Waals surface area contributed by atoms with E-state index in [-0.39, 0.29) is 0 Å². The highest BCUT2D eigenvalue weighted by Gasteiger charge is 2.23. The summed E-state index contributed by atoms with van der Waals surface area (Å²) in [6, 6.07) is 0.654. The van der Waals surface area contributed by atoms with E-state index in [0.29, 0.717) is 6.04 Å². The summed E-state index contributed by atoms with van der Waals surface area (Å²) < 4.78 is 0. The summed E-state index contributed by atoms with van der Waals surface area (Å²) in [5.41, 5.74) is 1.17. The second kappa shape index (κ2) is 7.22. The van der Waals surface area contributed by atoms with Crippen LogP contribution in [0.4, 0.5) is 5.13 Å². The minimum Gasteiger partial charge on any atom is -0.348 e. The van der Waals surface area contributed by atoms with Crippen LogP contribution in [0.1, 0.15) is 32.4 Å². The zero-order chi connectivity index (χ0) is 13.7. The van der Waals surface area contributed by atoms with E-state index in [1.807, 2.05) is 0 Å². The van der Waals surface area contributed by atoms with Crippen LogP contribution in [0.15, 0.2) is 5.38 Å². The molecule has 0 atom stereocenters. The topological polar surface area (TPSA) is 31.4 Å². The van der Waals surface area contributed by atoms with Crippen LogP contribution in [0.25, 0.3) is 0 Å². The van der Waals surface area contributed by atoms with Crippen molar-refractivity contribution in [2.75, 3.05) is 38.1 Å². The van der Waals surface area contributed by atoms with Crippen molar-refractivity contribution in [1.29, 1.82) is 0 Å². The molecule has 1 N–H and O–H groups in total. The number of thiazole rings is 1. The van der Waals surface area contributed by atoms with Crippen LogP contribution in [-0.4, -0.2) is 49.2 Å². The second-order valence-corrected chi connectivity index (χ2v) is 6.01. The molecule has 0 aromatic carbocycles. The molecule has 0 aliphatic carbocycles. The first-order valence-electron chi connectivity index (χ1n) is 7.34. The molecule has 1 aromatic heterocycles. The molecule has 2 rings (SSSR count). The molecule has 1 aromatic rings. The molecule has 0 bridgehead atoms. The van der Waals surface area contributed by atoms with Gasteiger partial charge in [0.15, 0.2) is 5.13 Å². The fraction of sp³-hybridized carbons (Fsp3) is 0.786. The second-order valence-electron chi connectivity index (χ2n) is 5.18. The number of rotatable bonds is 6. The van der Waals surface area contributed by atoms with Crippen LogP contribution < -0.4 is 10.2 Å². The van der Waals surface area contributed by atoms with Crippen LogP contribution in [0.2, 0.25) is 0 Å². The number of piperidine rings is 1. The van der Waals surface area contributed by atoms with Crippen LogP contribution in [0.5, 0.6) is 0 Å². The summed E-state index contributed by atoms with van der Waals surface area (Å²) in [4.78, 5) is 9.64. The summed E-state index contributed by atoms with van der Waals surface area (Å²) in [5, 5.41) is 6.67. The molecule has 4 nitrogen and oxygen atoms in total. The van der Waals surface area contributed by atoms with Crippen LogP contribution >= 0.6 is 11.3 Å². The normalized spacial score (nSPS) is 17.8. The van der Waals surface area contributed by atoms with Gasteiger partial charge in [0, 0.05) is 38.1 Å². The maximum Gasteiger partial charge on any atom is 0.185 e. The van der Waals surface area contributed by atoms with E-state index in [1.54, 1.807) is 11.3 Å². The number of nitrogens with one attached hydrogen (secondary N) is 1. The first kappa shape index (κ1) is 14.8. The van der Waals surface area contributed by atoms with Crippen molar-refractivity contribution in [2.24, 2.45) is 0 Å². The highest BCUT2D eigenvalue weighted by molar-refractivity contribution is 7.13. The molecule has 0 saturated carbocycles. The smallest absolute Gasteiger partial charge is 0.185 e. The van der Waals surface area contributed by atoms with Crippen LogP contribution in [0, 0.1) is 0 Å². The molecule has 19 heavy (non-hydrogen) atoms. The fourth-order valence-corrected chi connectivity index (χ4v) is 3.43. The Labute approximate surface area is 120 Å². The third kappa shape index (κ3) is 3.91. The summed E-state index contributed by atoms with van der Waals surface area (Å²) in [7, 11) is 2.20. The molecule has 2 heterocycles. The Morgan fingerprint density at radius 1 is 1.42 bits per heavy atom. The lowest BCUT2D eigenvalue weighted by Gasteiger charge is -2.36. The van der Waals surface area contributed by atoms with E-state index in [1.165, 1.54) is 43.3 Å². The van der Waals surface area contributed by atoms with Gasteiger partial charge in [-0.25, -0.2) is 4.98 Å². The van der Waals surface area contributed by atoms with Gasteiger partial charge in [-0.05, 0) is 25.9 Å². The summed E-state index contributed by atoms with van der Waals surface area (Å²) >= 11 is 1.77. The first-order chi connectivity index (χ1) is 9.24. The van der Waals surface area contributed by atoms with Crippen molar-refractivity contribution >= 4 is 16.5 Å². The van der Waals surface area contributed by atoms with Crippen molar-refractivity contribution in [3.05, 3.63) is 11.1 Å². The van der Waals surface area contributed by atoms with Gasteiger partial charge in [0.05, 0.1) is 5.69 Å². The molecular weight excluding hydrogens is 256 g/mol. The number of hydrogen-bond acceptors (Lipinski definition) is 5. The van der Waals surface area contributed by atoms with Crippen LogP contribution in [-0.2, 0) is 6.54 Å². The van der Waals surface area contributed by atoms with Crippen molar-refractivity contribution in [1.82, 2.24) is 15.2 Å². The third-order valence-electron chi connectivity index (χ3n) is 3.95. The van der Waals surface area contributed by atoms with Gasteiger partial charge in [0.25, 0.3) is 0 Å². The predicted octanol–water partition coefficient (Wildman–Crippen LogP) is 2.17. The molecule has 108 valence electrons. The highest BCUT2D eigenvalue weighted by Crippen LogP contribution is 2.25. The summed E-state index contributed by atoms with van der Waals surface area (Å²) in [6.45, 7) is 9.88. The average molecular weight is 282 g/mol. The number of nitrogens with zero attached hydrogens (tertiary/aromatic N) is 3. The van der Waals surface area contributed by atoms with Crippen molar-refractivity contribution in [3.63, 3.8) is 0 Å². The number of hydrogen-bond donors (Lipinski definition) is 1. The van der Waals surface area contributed by atoms with Gasteiger partial charge in [-0.15, -0.1) is 11.3 Å². The minimum absolute atomic E-state index is 0.654. The standard InChI is InChI=1S/C14H26N4S/c1-4-15-10-12-11-19-14(16-12)17(3)13-6-8-18(5-2)9-7-13/h11,13,15H,4-10H2,1-3H3. The Hall–Kier alpha value is -0.650. The van der Waals surface area contributed by atoms with E-state index in [2.05, 4.69) is 41.4 Å². The van der Waals surface area contributed by atoms with Crippen molar-refractivity contribution in [2.45, 2.75) is 39.3 Å². The molecule has 1 aliphatic rings. The van der Waals surface area contributed by atoms with E-state index >= 15 is 0 Å². The Morgan fingerprint density at radius 2 is 2.16 bits per heavy atom. The summed E-state index contributed by atoms with van der Waals surface area (Å²) in [5.74, 6) is 0. The molecular formula is C14H26N4S. The monoisotopic (exact) mass is 282 g/mol. The molecule has 5 heteroatoms. The van der Waals surface area contributed by atoms with E-state index in [9.17, 15) is 0 Å². The molecule has 0 radical (unpaired) electrons. The molecule has 0 amide bonds. The van der Waals surface area contributed by atoms with Crippen molar-refractivity contribution in [3.8, 4) is 0 Å². The Bertz CT molecular complexity index is 371. The Balaban J connectivity index is 1.88. The highest BCUT2D eigenvalue weighted by atomic mass is 32.1. The zero-order valence-corrected chi connectivity index (χ0v) is 13.2. The maximum atomic E-state index is 4.73. The molecule has 0 spiro atoms. The third-order valence-corrected chi connectivity index (χ3v) is 4.93. The molecule has 1 aliphatic heterocycles. The van der Waals surface area contributed by atoms with Gasteiger partial charge < -0.3 is 15.1 Å². The van der Waals surface area contributed by atoms with Gasteiger partial charge in [-0.1, -0.05) is 13.8 Å². The summed E-state index contributed by atoms with van der Waals surface area (Å²) in [6.07, 6.45) is 2.51. The lowest BCUT2D eigenvalue weighted by molar-refractivity contribution is 0.221. The van der Waals surface area contributed by atoms with Gasteiger partial charge in [0.1, 0.15) is 0 Å². The van der Waals surface area contributed by atoms with Gasteiger partial charge in [-0.3, -0.25) is 0 Å². The predicted molar refractivity (Wildman–Crippen MR) is 83.0 cm³/mol. The van der Waals surface area contributed by atoms with E-state index in [4.69, 9.17) is 4.98 Å². The fourth-order valence-electron chi connectivity index (χ4n) is 2.57. The SMILES string of the molecule is CCNCc1csc(N(C)C2CCN(CC)CC2)n1. The minimum atomic E-state index is 0.654. The molecule has 1 saturated heterocycles. The zero-order valence-electron chi connectivity index (χ0n) is 12.4. The largest absolute Gasteiger partial charge is 0.348 e. The Morgan fingerprint density at radius 3 is 2.79 bits per heavy atom. The van der Waals surface area contributed by atoms with E-state index in [0.717, 1.165) is 13.1 Å². The van der Waals surface area contributed by atoms with Crippen molar-refractivity contribution < 1.29 is 0 Å². The molecule has 1 fully saturated rings. The van der Waals surface area contributed by atoms with Gasteiger partial charge >= 0.3 is 0 Å². The average Bonchev–Trinajstić information content (AvgIpc) is 2.93. The molecule has 0 unspecified atom stereocenters. The number of likely N-dealkylation sites (tertiary alicyclic amines) is 1. The van der Waals surface area contributed by atoms with Crippen LogP contribution in [0.3, 0.4) is 0 Å². The Kier molecular flexibility index (Phi) is 5.60. The van der Waals surface area contributed by atoms with Gasteiger partial charge in [0.2, 0.25) is 0 Å². The van der Waals surface area contributed by atoms with Gasteiger partial charge in [-0.2, -0.15) is 0 Å². The number of aromatic nitrogens is 1.